The van der Waals surface area contributed by atoms with E-state index in [0.29, 0.717) is 16.9 Å². The lowest BCUT2D eigenvalue weighted by atomic mass is 10.1. The number of carbonyl (C=O) groups excluding carboxylic acids is 1. The zero-order valence-corrected chi connectivity index (χ0v) is 11.8. The first-order valence-electron chi connectivity index (χ1n) is 6.55. The molecular weight excluding hydrogens is 272 g/mol. The van der Waals surface area contributed by atoms with Crippen LogP contribution in [0.3, 0.4) is 0 Å². The number of hydrogen-bond donors (Lipinski definition) is 2. The molecule has 21 heavy (non-hydrogen) atoms. The second-order valence-electron chi connectivity index (χ2n) is 4.95. The van der Waals surface area contributed by atoms with Gasteiger partial charge in [-0.15, -0.1) is 0 Å². The van der Waals surface area contributed by atoms with Crippen molar-refractivity contribution < 1.29 is 19.2 Å². The summed E-state index contributed by atoms with van der Waals surface area (Å²) in [5.74, 6) is -1.15. The van der Waals surface area contributed by atoms with Crippen LogP contribution < -0.4 is 5.32 Å². The molecule has 2 aromatic rings. The van der Waals surface area contributed by atoms with Gasteiger partial charge < -0.3 is 14.9 Å². The molecule has 1 aromatic carbocycles. The number of hydrogen-bond acceptors (Lipinski definition) is 4. The van der Waals surface area contributed by atoms with Gasteiger partial charge in [-0.1, -0.05) is 37.2 Å². The number of aromatic nitrogens is 1. The molecule has 0 saturated heterocycles. The summed E-state index contributed by atoms with van der Waals surface area (Å²) < 4.78 is 5.00. The Balaban J connectivity index is 2.17. The van der Waals surface area contributed by atoms with Crippen LogP contribution in [0.4, 0.5) is 5.69 Å². The number of nitrogens with one attached hydrogen (secondary N) is 1. The van der Waals surface area contributed by atoms with Crippen molar-refractivity contribution in [2.75, 3.05) is 5.32 Å². The molecule has 1 aromatic heterocycles. The summed E-state index contributed by atoms with van der Waals surface area (Å²) in [6.07, 6.45) is -0.163. The highest BCUT2D eigenvalue weighted by Gasteiger charge is 2.16. The molecule has 0 aliphatic rings. The summed E-state index contributed by atoms with van der Waals surface area (Å²) in [6.45, 7) is 3.89. The lowest BCUT2D eigenvalue weighted by molar-refractivity contribution is -0.136. The largest absolute Gasteiger partial charge is 0.481 e. The van der Waals surface area contributed by atoms with Gasteiger partial charge >= 0.3 is 5.97 Å². The number of para-hydroxylation sites is 1. The number of aliphatic carboxylic acids is 1. The molecule has 0 fully saturated rings. The van der Waals surface area contributed by atoms with Crippen LogP contribution in [-0.2, 0) is 11.2 Å². The molecule has 0 radical (unpaired) electrons. The first kappa shape index (κ1) is 14.8. The first-order chi connectivity index (χ1) is 9.97. The van der Waals surface area contributed by atoms with Gasteiger partial charge in [-0.2, -0.15) is 0 Å². The third-order valence-corrected chi connectivity index (χ3v) is 2.95. The highest BCUT2D eigenvalue weighted by atomic mass is 16.5. The number of nitrogens with zero attached hydrogens (tertiary/aromatic N) is 1. The fourth-order valence-corrected chi connectivity index (χ4v) is 1.81. The Morgan fingerprint density at radius 1 is 1.33 bits per heavy atom. The molecule has 6 heteroatoms. The molecule has 0 unspecified atom stereocenters. The molecule has 0 atom stereocenters. The van der Waals surface area contributed by atoms with E-state index in [-0.39, 0.29) is 18.1 Å². The molecule has 1 amide bonds. The van der Waals surface area contributed by atoms with Gasteiger partial charge in [0.2, 0.25) is 5.76 Å². The highest BCUT2D eigenvalue weighted by molar-refractivity contribution is 6.02. The Kier molecular flexibility index (Phi) is 4.37. The summed E-state index contributed by atoms with van der Waals surface area (Å²) in [4.78, 5) is 22.9. The van der Waals surface area contributed by atoms with Crippen molar-refractivity contribution in [3.8, 4) is 0 Å². The van der Waals surface area contributed by atoms with Crippen molar-refractivity contribution in [3.63, 3.8) is 0 Å². The number of anilines is 1. The van der Waals surface area contributed by atoms with Gasteiger partial charge in [-0.3, -0.25) is 9.59 Å². The summed E-state index contributed by atoms with van der Waals surface area (Å²) in [7, 11) is 0. The molecule has 0 aliphatic heterocycles. The number of carbonyl (C=O) groups is 2. The molecule has 0 spiro atoms. The van der Waals surface area contributed by atoms with Crippen molar-refractivity contribution in [1.82, 2.24) is 5.16 Å². The minimum atomic E-state index is -0.960. The van der Waals surface area contributed by atoms with E-state index >= 15 is 0 Å². The van der Waals surface area contributed by atoms with Gasteiger partial charge in [-0.25, -0.2) is 0 Å². The number of carboxylic acids is 1. The van der Waals surface area contributed by atoms with Crippen LogP contribution in [0.1, 0.15) is 41.6 Å². The predicted molar refractivity (Wildman–Crippen MR) is 76.3 cm³/mol. The zero-order chi connectivity index (χ0) is 15.4. The van der Waals surface area contributed by atoms with Gasteiger partial charge in [0.1, 0.15) is 0 Å². The van der Waals surface area contributed by atoms with Crippen molar-refractivity contribution in [3.05, 3.63) is 47.3 Å². The van der Waals surface area contributed by atoms with E-state index in [1.165, 1.54) is 0 Å². The maximum Gasteiger partial charge on any atom is 0.307 e. The van der Waals surface area contributed by atoms with Crippen molar-refractivity contribution in [1.29, 1.82) is 0 Å². The van der Waals surface area contributed by atoms with Crippen molar-refractivity contribution >= 4 is 17.6 Å². The standard InChI is InChI=1S/C15H16N2O4/c1-9(2)12-8-13(21-17-12)15(20)16-11-6-4-3-5-10(11)7-14(18)19/h3-6,8-9H,7H2,1-2H3,(H,16,20)(H,18,19). The van der Waals surface area contributed by atoms with E-state index in [2.05, 4.69) is 10.5 Å². The van der Waals surface area contributed by atoms with Crippen molar-refractivity contribution in [2.24, 2.45) is 0 Å². The molecule has 2 rings (SSSR count). The van der Waals surface area contributed by atoms with Crippen LogP contribution in [0.15, 0.2) is 34.9 Å². The third kappa shape index (κ3) is 3.68. The fraction of sp³-hybridized carbons (Fsp3) is 0.267. The number of carboxylic acid groups (broad SMARTS) is 1. The minimum absolute atomic E-state index is 0.101. The molecule has 6 nitrogen and oxygen atoms in total. The molecule has 0 aliphatic carbocycles. The second-order valence-corrected chi connectivity index (χ2v) is 4.95. The van der Waals surface area contributed by atoms with Gasteiger partial charge in [-0.05, 0) is 17.5 Å². The molecule has 110 valence electrons. The van der Waals surface area contributed by atoms with E-state index in [1.807, 2.05) is 13.8 Å². The minimum Gasteiger partial charge on any atom is -0.481 e. The molecule has 0 bridgehead atoms. The van der Waals surface area contributed by atoms with Gasteiger partial charge in [0.15, 0.2) is 0 Å². The second kappa shape index (κ2) is 6.21. The van der Waals surface area contributed by atoms with Crippen LogP contribution in [0.2, 0.25) is 0 Å². The van der Waals surface area contributed by atoms with Crippen LogP contribution in [-0.4, -0.2) is 22.1 Å². The zero-order valence-electron chi connectivity index (χ0n) is 11.8. The molecular formula is C15H16N2O4. The summed E-state index contributed by atoms with van der Waals surface area (Å²) >= 11 is 0. The average molecular weight is 288 g/mol. The topological polar surface area (TPSA) is 92.4 Å². The maximum absolute atomic E-state index is 12.1. The summed E-state index contributed by atoms with van der Waals surface area (Å²) in [5, 5.41) is 15.3. The summed E-state index contributed by atoms with van der Waals surface area (Å²) in [5.41, 5.74) is 1.67. The normalized spacial score (nSPS) is 10.6. The monoisotopic (exact) mass is 288 g/mol. The van der Waals surface area contributed by atoms with Crippen LogP contribution in [0, 0.1) is 0 Å². The lowest BCUT2D eigenvalue weighted by Crippen LogP contribution is -2.13. The van der Waals surface area contributed by atoms with E-state index in [4.69, 9.17) is 9.63 Å². The van der Waals surface area contributed by atoms with E-state index in [0.717, 1.165) is 0 Å². The Morgan fingerprint density at radius 3 is 2.67 bits per heavy atom. The lowest BCUT2D eigenvalue weighted by Gasteiger charge is -2.07. The Morgan fingerprint density at radius 2 is 2.05 bits per heavy atom. The first-order valence-corrected chi connectivity index (χ1v) is 6.55. The van der Waals surface area contributed by atoms with Crippen LogP contribution >= 0.6 is 0 Å². The highest BCUT2D eigenvalue weighted by Crippen LogP contribution is 2.19. The average Bonchev–Trinajstić information content (AvgIpc) is 2.90. The number of amides is 1. The fourth-order valence-electron chi connectivity index (χ4n) is 1.81. The molecule has 1 heterocycles. The van der Waals surface area contributed by atoms with E-state index < -0.39 is 11.9 Å². The predicted octanol–water partition coefficient (Wildman–Crippen LogP) is 2.68. The number of benzene rings is 1. The van der Waals surface area contributed by atoms with E-state index in [9.17, 15) is 9.59 Å². The molecule has 0 saturated carbocycles. The molecule has 2 N–H and O–H groups in total. The van der Waals surface area contributed by atoms with Crippen LogP contribution in [0.5, 0.6) is 0 Å². The third-order valence-electron chi connectivity index (χ3n) is 2.95. The van der Waals surface area contributed by atoms with Crippen LogP contribution in [0.25, 0.3) is 0 Å². The Labute approximate surface area is 121 Å². The van der Waals surface area contributed by atoms with Gasteiger partial charge in [0, 0.05) is 11.8 Å². The quantitative estimate of drug-likeness (QED) is 0.882. The van der Waals surface area contributed by atoms with E-state index in [1.54, 1.807) is 30.3 Å². The van der Waals surface area contributed by atoms with Gasteiger partial charge in [0.25, 0.3) is 5.91 Å². The maximum atomic E-state index is 12.1. The Hall–Kier alpha value is -2.63. The summed E-state index contributed by atoms with van der Waals surface area (Å²) in [6, 6.07) is 8.33. The van der Waals surface area contributed by atoms with Gasteiger partial charge in [0.05, 0.1) is 12.1 Å². The van der Waals surface area contributed by atoms with Crippen molar-refractivity contribution in [2.45, 2.75) is 26.2 Å². The SMILES string of the molecule is CC(C)c1cc(C(=O)Nc2ccccc2CC(=O)O)on1. The number of rotatable bonds is 5. The Bertz CT molecular complexity index is 661. The smallest absolute Gasteiger partial charge is 0.307 e.